The lowest BCUT2D eigenvalue weighted by Crippen LogP contribution is -2.43. The normalized spacial score (nSPS) is 19.4. The van der Waals surface area contributed by atoms with E-state index in [0.29, 0.717) is 10.8 Å². The second kappa shape index (κ2) is 9.82. The van der Waals surface area contributed by atoms with Gasteiger partial charge in [-0.3, -0.25) is 14.5 Å². The number of anilines is 1. The molecular formula is C28H29BrN4O2S. The molecule has 0 unspecified atom stereocenters. The van der Waals surface area contributed by atoms with Gasteiger partial charge in [0.15, 0.2) is 5.11 Å². The van der Waals surface area contributed by atoms with Gasteiger partial charge >= 0.3 is 0 Å². The molecular weight excluding hydrogens is 536 g/mol. The number of aromatic nitrogens is 1. The molecule has 2 saturated heterocycles. The van der Waals surface area contributed by atoms with Crippen molar-refractivity contribution in [2.24, 2.45) is 0 Å². The first-order valence-corrected chi connectivity index (χ1v) is 13.5. The van der Waals surface area contributed by atoms with Gasteiger partial charge in [0.25, 0.3) is 5.91 Å². The molecule has 2 aromatic carbocycles. The van der Waals surface area contributed by atoms with Crippen molar-refractivity contribution in [3.05, 3.63) is 69.5 Å². The van der Waals surface area contributed by atoms with Crippen LogP contribution in [-0.4, -0.2) is 39.0 Å². The Morgan fingerprint density at radius 3 is 2.72 bits per heavy atom. The molecule has 1 aromatic heterocycles. The summed E-state index contributed by atoms with van der Waals surface area (Å²) >= 11 is 9.09. The predicted molar refractivity (Wildman–Crippen MR) is 152 cm³/mol. The highest BCUT2D eigenvalue weighted by molar-refractivity contribution is 9.10. The quantitative estimate of drug-likeness (QED) is 0.327. The summed E-state index contributed by atoms with van der Waals surface area (Å²) in [5.41, 5.74) is 5.21. The van der Waals surface area contributed by atoms with Crippen LogP contribution in [-0.2, 0) is 16.1 Å². The molecule has 1 atom stereocenters. The van der Waals surface area contributed by atoms with Gasteiger partial charge in [0.1, 0.15) is 12.2 Å². The van der Waals surface area contributed by atoms with Crippen LogP contribution in [0.3, 0.4) is 0 Å². The summed E-state index contributed by atoms with van der Waals surface area (Å²) < 4.78 is 2.91. The summed E-state index contributed by atoms with van der Waals surface area (Å²) in [4.78, 5) is 30.1. The Morgan fingerprint density at radius 1 is 1.17 bits per heavy atom. The Kier molecular flexibility index (Phi) is 6.74. The van der Waals surface area contributed by atoms with Crippen LogP contribution < -0.4 is 10.2 Å². The third kappa shape index (κ3) is 4.60. The molecule has 5 rings (SSSR count). The van der Waals surface area contributed by atoms with E-state index in [-0.39, 0.29) is 24.4 Å². The van der Waals surface area contributed by atoms with Crippen LogP contribution in [0.4, 0.5) is 5.69 Å². The fraction of sp³-hybridized carbons (Fsp3) is 0.321. The lowest BCUT2D eigenvalue weighted by Gasteiger charge is -2.33. The van der Waals surface area contributed by atoms with Gasteiger partial charge in [0, 0.05) is 39.7 Å². The highest BCUT2D eigenvalue weighted by atomic mass is 79.9. The minimum atomic E-state index is -0.197. The van der Waals surface area contributed by atoms with E-state index in [2.05, 4.69) is 28.2 Å². The molecule has 0 spiro atoms. The number of nitrogens with zero attached hydrogens (tertiary/aromatic N) is 3. The van der Waals surface area contributed by atoms with Crippen LogP contribution in [0, 0.1) is 13.8 Å². The molecule has 2 amide bonds. The van der Waals surface area contributed by atoms with E-state index in [1.165, 1.54) is 11.3 Å². The zero-order valence-electron chi connectivity index (χ0n) is 20.7. The summed E-state index contributed by atoms with van der Waals surface area (Å²) in [6, 6.07) is 12.1. The summed E-state index contributed by atoms with van der Waals surface area (Å²) in [6.45, 7) is 7.26. The number of nitrogens with one attached hydrogen (secondary N) is 1. The fourth-order valence-electron chi connectivity index (χ4n) is 5.04. The van der Waals surface area contributed by atoms with Gasteiger partial charge in [0.05, 0.1) is 5.69 Å². The number of aryl methyl sites for hydroxylation is 2. The largest absolute Gasteiger partial charge is 0.338 e. The average molecular weight is 566 g/mol. The first-order valence-electron chi connectivity index (χ1n) is 12.2. The second-order valence-electron chi connectivity index (χ2n) is 9.70. The number of carbonyl (C=O) groups is 2. The van der Waals surface area contributed by atoms with Crippen LogP contribution in [0.1, 0.15) is 42.9 Å². The number of halogens is 1. The monoisotopic (exact) mass is 564 g/mol. The summed E-state index contributed by atoms with van der Waals surface area (Å²) in [5, 5.41) is 4.41. The Hall–Kier alpha value is -2.97. The van der Waals surface area contributed by atoms with E-state index >= 15 is 0 Å². The average Bonchev–Trinajstić information content (AvgIpc) is 3.31. The van der Waals surface area contributed by atoms with Gasteiger partial charge in [-0.25, -0.2) is 0 Å². The maximum atomic E-state index is 13.4. The topological polar surface area (TPSA) is 57.6 Å². The molecule has 0 bridgehead atoms. The number of thiocarbonyl (C=S) groups is 1. The molecule has 36 heavy (non-hydrogen) atoms. The van der Waals surface area contributed by atoms with Gasteiger partial charge in [-0.05, 0) is 99.8 Å². The minimum Gasteiger partial charge on any atom is -0.338 e. The lowest BCUT2D eigenvalue weighted by molar-refractivity contribution is -0.135. The Morgan fingerprint density at radius 2 is 1.97 bits per heavy atom. The lowest BCUT2D eigenvalue weighted by atomic mass is 10.0. The zero-order chi connectivity index (χ0) is 25.6. The van der Waals surface area contributed by atoms with Crippen LogP contribution in [0.5, 0.6) is 0 Å². The van der Waals surface area contributed by atoms with Crippen LogP contribution in [0.25, 0.3) is 17.0 Å². The minimum absolute atomic E-state index is 0.124. The van der Waals surface area contributed by atoms with Crippen molar-refractivity contribution in [2.45, 2.75) is 52.6 Å². The molecule has 8 heteroatoms. The van der Waals surface area contributed by atoms with Gasteiger partial charge in [-0.15, -0.1) is 0 Å². The number of hydrogen-bond acceptors (Lipinski definition) is 3. The van der Waals surface area contributed by atoms with Crippen LogP contribution >= 0.6 is 28.1 Å². The number of piperidine rings is 1. The Labute approximate surface area is 225 Å². The van der Waals surface area contributed by atoms with E-state index < -0.39 is 0 Å². The molecule has 0 aliphatic carbocycles. The van der Waals surface area contributed by atoms with Crippen LogP contribution in [0.2, 0.25) is 0 Å². The zero-order valence-corrected chi connectivity index (χ0v) is 23.1. The summed E-state index contributed by atoms with van der Waals surface area (Å²) in [7, 11) is 0. The molecule has 0 saturated carbocycles. The van der Waals surface area contributed by atoms with Crippen molar-refractivity contribution in [1.29, 1.82) is 0 Å². The molecule has 3 aromatic rings. The van der Waals surface area contributed by atoms with Crippen molar-refractivity contribution >= 4 is 67.7 Å². The third-order valence-electron chi connectivity index (χ3n) is 7.23. The third-order valence-corrected chi connectivity index (χ3v) is 8.01. The van der Waals surface area contributed by atoms with Gasteiger partial charge in [0.2, 0.25) is 5.91 Å². The van der Waals surface area contributed by atoms with Crippen molar-refractivity contribution in [3.63, 3.8) is 0 Å². The van der Waals surface area contributed by atoms with E-state index in [4.69, 9.17) is 12.2 Å². The van der Waals surface area contributed by atoms with E-state index in [1.54, 1.807) is 0 Å². The number of hydrogen-bond donors (Lipinski definition) is 1. The summed E-state index contributed by atoms with van der Waals surface area (Å²) in [6.07, 6.45) is 7.05. The highest BCUT2D eigenvalue weighted by Gasteiger charge is 2.32. The van der Waals surface area contributed by atoms with Crippen LogP contribution in [0.15, 0.2) is 52.8 Å². The molecule has 3 heterocycles. The Bertz CT molecular complexity index is 1430. The molecule has 186 valence electrons. The Balaban J connectivity index is 1.48. The maximum absolute atomic E-state index is 13.4. The van der Waals surface area contributed by atoms with Crippen molar-refractivity contribution in [1.82, 2.24) is 14.8 Å². The van der Waals surface area contributed by atoms with E-state index in [0.717, 1.165) is 57.1 Å². The standard InChI is InChI=1S/C28H29BrN4O2S/c1-17-7-9-22(12-18(17)2)33-27(35)24(30-28(33)36)13-20-15-31(25-10-8-21(29)14-23(20)25)16-26(34)32-11-5-4-6-19(32)3/h7-10,12-15,19H,4-6,11,16H2,1-3H3,(H,30,36)/b24-13-/t19-/m0/s1. The second-order valence-corrected chi connectivity index (χ2v) is 11.0. The molecule has 2 aliphatic rings. The number of fused-ring (bicyclic) bond motifs is 1. The number of amides is 2. The number of rotatable bonds is 4. The van der Waals surface area contributed by atoms with Crippen molar-refractivity contribution < 1.29 is 9.59 Å². The molecule has 6 nitrogen and oxygen atoms in total. The SMILES string of the molecule is Cc1ccc(N2C(=O)/C(=C/c3cn(CC(=O)N4CCCC[C@@H]4C)c4ccc(Br)cc34)NC2=S)cc1C. The molecule has 1 N–H and O–H groups in total. The number of carbonyl (C=O) groups excluding carboxylic acids is 2. The van der Waals surface area contributed by atoms with E-state index in [1.807, 2.05) is 72.0 Å². The van der Waals surface area contributed by atoms with Gasteiger partial charge in [-0.2, -0.15) is 0 Å². The van der Waals surface area contributed by atoms with E-state index in [9.17, 15) is 9.59 Å². The smallest absolute Gasteiger partial charge is 0.281 e. The van der Waals surface area contributed by atoms with Crippen molar-refractivity contribution in [3.8, 4) is 0 Å². The molecule has 2 fully saturated rings. The van der Waals surface area contributed by atoms with Gasteiger partial charge < -0.3 is 14.8 Å². The molecule has 0 radical (unpaired) electrons. The number of benzene rings is 2. The first kappa shape index (κ1) is 24.7. The summed E-state index contributed by atoms with van der Waals surface area (Å²) in [5.74, 6) is -0.0734. The fourth-order valence-corrected chi connectivity index (χ4v) is 5.70. The highest BCUT2D eigenvalue weighted by Crippen LogP contribution is 2.30. The predicted octanol–water partition coefficient (Wildman–Crippen LogP) is 5.68. The molecule has 2 aliphatic heterocycles. The first-order chi connectivity index (χ1) is 17.2. The van der Waals surface area contributed by atoms with Crippen molar-refractivity contribution in [2.75, 3.05) is 11.4 Å². The number of likely N-dealkylation sites (tertiary alicyclic amines) is 1. The van der Waals surface area contributed by atoms with Gasteiger partial charge in [-0.1, -0.05) is 22.0 Å². The maximum Gasteiger partial charge on any atom is 0.281 e.